The first-order chi connectivity index (χ1) is 14.2. The molecule has 2 heterocycles. The molecule has 2 amide bonds. The minimum absolute atomic E-state index is 0.269. The van der Waals surface area contributed by atoms with Gasteiger partial charge in [0.25, 0.3) is 0 Å². The normalized spacial score (nSPS) is 17.3. The van der Waals surface area contributed by atoms with Crippen LogP contribution in [-0.2, 0) is 9.53 Å². The first-order valence-corrected chi connectivity index (χ1v) is 10.8. The largest absolute Gasteiger partial charge is 0.444 e. The Bertz CT molecular complexity index is 1120. The van der Waals surface area contributed by atoms with Crippen LogP contribution in [0.4, 0.5) is 14.3 Å². The van der Waals surface area contributed by atoms with E-state index in [1.807, 2.05) is 12.1 Å². The van der Waals surface area contributed by atoms with Crippen LogP contribution >= 0.6 is 11.3 Å². The summed E-state index contributed by atoms with van der Waals surface area (Å²) in [5, 5.41) is 5.00. The summed E-state index contributed by atoms with van der Waals surface area (Å²) < 4.78 is 19.9. The molecule has 0 saturated carbocycles. The SMILES string of the molecule is CC(C)(C)OC(=O)N1CCCC[C@@H]1C(=O)Nc1nc2ccc3cc(F)ccc3c2s1. The molecule has 4 rings (SSSR count). The molecule has 1 N–H and O–H groups in total. The van der Waals surface area contributed by atoms with Crippen molar-refractivity contribution >= 4 is 49.5 Å². The lowest BCUT2D eigenvalue weighted by atomic mass is 10.0. The van der Waals surface area contributed by atoms with Gasteiger partial charge in [-0.15, -0.1) is 0 Å². The van der Waals surface area contributed by atoms with Gasteiger partial charge in [0.15, 0.2) is 5.13 Å². The number of halogens is 1. The Kier molecular flexibility index (Phi) is 5.36. The number of aromatic nitrogens is 1. The van der Waals surface area contributed by atoms with Crippen LogP contribution in [0.25, 0.3) is 21.0 Å². The maximum Gasteiger partial charge on any atom is 0.410 e. The standard InChI is InChI=1S/C22H24FN3O3S/c1-22(2,3)29-21(28)26-11-5-4-6-17(26)19(27)25-20-24-16-10-7-13-12-14(23)8-9-15(13)18(16)30-20/h7-10,12,17H,4-6,11H2,1-3H3,(H,24,25,27)/t17-/m1/s1. The van der Waals surface area contributed by atoms with Gasteiger partial charge in [-0.25, -0.2) is 14.2 Å². The molecule has 1 saturated heterocycles. The summed E-state index contributed by atoms with van der Waals surface area (Å²) in [7, 11) is 0. The quantitative estimate of drug-likeness (QED) is 0.599. The minimum Gasteiger partial charge on any atom is -0.444 e. The first-order valence-electron chi connectivity index (χ1n) is 10.0. The number of anilines is 1. The van der Waals surface area contributed by atoms with E-state index in [0.717, 1.165) is 33.8 Å². The van der Waals surface area contributed by atoms with Gasteiger partial charge in [0.2, 0.25) is 5.91 Å². The van der Waals surface area contributed by atoms with Crippen LogP contribution < -0.4 is 5.32 Å². The number of ether oxygens (including phenoxy) is 1. The fourth-order valence-corrected chi connectivity index (χ4v) is 4.67. The van der Waals surface area contributed by atoms with Gasteiger partial charge in [-0.2, -0.15) is 0 Å². The average Bonchev–Trinajstić information content (AvgIpc) is 3.09. The van der Waals surface area contributed by atoms with E-state index in [1.165, 1.54) is 28.4 Å². The Balaban J connectivity index is 1.57. The van der Waals surface area contributed by atoms with E-state index in [2.05, 4.69) is 10.3 Å². The van der Waals surface area contributed by atoms with Crippen LogP contribution in [-0.4, -0.2) is 40.1 Å². The third-order valence-corrected chi connectivity index (χ3v) is 6.02. The molecule has 2 aromatic carbocycles. The van der Waals surface area contributed by atoms with Gasteiger partial charge in [0.05, 0.1) is 10.2 Å². The van der Waals surface area contributed by atoms with Crippen LogP contribution in [0.15, 0.2) is 30.3 Å². The van der Waals surface area contributed by atoms with Gasteiger partial charge in [-0.05, 0) is 69.7 Å². The van der Waals surface area contributed by atoms with E-state index in [9.17, 15) is 14.0 Å². The summed E-state index contributed by atoms with van der Waals surface area (Å²) in [5.41, 5.74) is 0.116. The predicted molar refractivity (Wildman–Crippen MR) is 116 cm³/mol. The van der Waals surface area contributed by atoms with Crippen LogP contribution in [0.3, 0.4) is 0 Å². The number of piperidine rings is 1. The highest BCUT2D eigenvalue weighted by atomic mass is 32.1. The Hall–Kier alpha value is -2.74. The maximum atomic E-state index is 13.5. The van der Waals surface area contributed by atoms with E-state index in [1.54, 1.807) is 26.8 Å². The van der Waals surface area contributed by atoms with Crippen molar-refractivity contribution in [1.29, 1.82) is 0 Å². The maximum absolute atomic E-state index is 13.5. The van der Waals surface area contributed by atoms with Crippen molar-refractivity contribution < 1.29 is 18.7 Å². The number of fused-ring (bicyclic) bond motifs is 3. The smallest absolute Gasteiger partial charge is 0.410 e. The summed E-state index contributed by atoms with van der Waals surface area (Å²) >= 11 is 1.34. The van der Waals surface area contributed by atoms with Crippen molar-refractivity contribution in [3.8, 4) is 0 Å². The van der Waals surface area contributed by atoms with Crippen molar-refractivity contribution in [3.05, 3.63) is 36.1 Å². The Morgan fingerprint density at radius 2 is 2.03 bits per heavy atom. The third-order valence-electron chi connectivity index (χ3n) is 5.00. The molecule has 1 aromatic heterocycles. The Labute approximate surface area is 178 Å². The van der Waals surface area contributed by atoms with Gasteiger partial charge in [-0.3, -0.25) is 9.69 Å². The average molecular weight is 430 g/mol. The second-order valence-corrected chi connectivity index (χ2v) is 9.47. The molecule has 1 aliphatic heterocycles. The predicted octanol–water partition coefficient (Wildman–Crippen LogP) is 5.32. The van der Waals surface area contributed by atoms with Crippen LogP contribution in [0.2, 0.25) is 0 Å². The number of carbonyl (C=O) groups excluding carboxylic acids is 2. The molecule has 0 unspecified atom stereocenters. The summed E-state index contributed by atoms with van der Waals surface area (Å²) in [6, 6.07) is 7.66. The number of nitrogens with zero attached hydrogens (tertiary/aromatic N) is 2. The van der Waals surface area contributed by atoms with Crippen LogP contribution in [0.1, 0.15) is 40.0 Å². The first kappa shape index (κ1) is 20.5. The molecule has 6 nitrogen and oxygen atoms in total. The number of thiazole rings is 1. The fourth-order valence-electron chi connectivity index (χ4n) is 3.67. The van der Waals surface area contributed by atoms with Crippen LogP contribution in [0.5, 0.6) is 0 Å². The zero-order valence-electron chi connectivity index (χ0n) is 17.2. The zero-order chi connectivity index (χ0) is 21.5. The van der Waals surface area contributed by atoms with E-state index in [-0.39, 0.29) is 11.7 Å². The Morgan fingerprint density at radius 3 is 2.80 bits per heavy atom. The van der Waals surface area contributed by atoms with Gasteiger partial charge >= 0.3 is 6.09 Å². The molecule has 1 fully saturated rings. The number of nitrogens with one attached hydrogen (secondary N) is 1. The van der Waals surface area contributed by atoms with Crippen molar-refractivity contribution in [2.75, 3.05) is 11.9 Å². The summed E-state index contributed by atoms with van der Waals surface area (Å²) in [6.07, 6.45) is 1.82. The number of rotatable bonds is 2. The molecular weight excluding hydrogens is 405 g/mol. The zero-order valence-corrected chi connectivity index (χ0v) is 18.0. The van der Waals surface area contributed by atoms with Crippen molar-refractivity contribution in [2.24, 2.45) is 0 Å². The number of hydrogen-bond acceptors (Lipinski definition) is 5. The van der Waals surface area contributed by atoms with Crippen LogP contribution in [0, 0.1) is 5.82 Å². The highest BCUT2D eigenvalue weighted by molar-refractivity contribution is 7.23. The molecule has 0 aliphatic carbocycles. The number of hydrogen-bond donors (Lipinski definition) is 1. The lowest BCUT2D eigenvalue weighted by Crippen LogP contribution is -2.51. The van der Waals surface area contributed by atoms with Crippen molar-refractivity contribution in [3.63, 3.8) is 0 Å². The Morgan fingerprint density at radius 1 is 1.23 bits per heavy atom. The van der Waals surface area contributed by atoms with E-state index >= 15 is 0 Å². The minimum atomic E-state index is -0.622. The molecule has 0 bridgehead atoms. The van der Waals surface area contributed by atoms with Crippen molar-refractivity contribution in [1.82, 2.24) is 9.88 Å². The number of benzene rings is 2. The molecule has 158 valence electrons. The monoisotopic (exact) mass is 429 g/mol. The van der Waals surface area contributed by atoms with Gasteiger partial charge < -0.3 is 10.1 Å². The van der Waals surface area contributed by atoms with Gasteiger partial charge in [0, 0.05) is 11.9 Å². The third kappa shape index (κ3) is 4.23. The molecule has 3 aromatic rings. The second kappa shape index (κ2) is 7.83. The molecule has 8 heteroatoms. The number of amides is 2. The lowest BCUT2D eigenvalue weighted by molar-refractivity contribution is -0.122. The summed E-state index contributed by atoms with van der Waals surface area (Å²) in [5.74, 6) is -0.561. The molecule has 1 aliphatic rings. The lowest BCUT2D eigenvalue weighted by Gasteiger charge is -2.35. The molecule has 30 heavy (non-hydrogen) atoms. The highest BCUT2D eigenvalue weighted by Gasteiger charge is 2.35. The molecule has 0 radical (unpaired) electrons. The molecule has 0 spiro atoms. The molecule has 1 atom stereocenters. The van der Waals surface area contributed by atoms with E-state index in [4.69, 9.17) is 4.74 Å². The number of likely N-dealkylation sites (tertiary alicyclic amines) is 1. The fraction of sp³-hybridized carbons (Fsp3) is 0.409. The highest BCUT2D eigenvalue weighted by Crippen LogP contribution is 2.33. The second-order valence-electron chi connectivity index (χ2n) is 8.47. The topological polar surface area (TPSA) is 71.5 Å². The summed E-state index contributed by atoms with van der Waals surface area (Å²) in [4.78, 5) is 31.6. The number of carbonyl (C=O) groups is 2. The van der Waals surface area contributed by atoms with E-state index < -0.39 is 17.7 Å². The summed E-state index contributed by atoms with van der Waals surface area (Å²) in [6.45, 7) is 5.91. The van der Waals surface area contributed by atoms with Gasteiger partial charge in [0.1, 0.15) is 17.5 Å². The van der Waals surface area contributed by atoms with E-state index in [0.29, 0.717) is 18.1 Å². The van der Waals surface area contributed by atoms with Crippen molar-refractivity contribution in [2.45, 2.75) is 51.7 Å². The van der Waals surface area contributed by atoms with Gasteiger partial charge in [-0.1, -0.05) is 17.4 Å². The molecular formula is C22H24FN3O3S.